The average Bonchev–Trinajstić information content (AvgIpc) is 2.75. The van der Waals surface area contributed by atoms with Crippen molar-refractivity contribution in [1.82, 2.24) is 10.4 Å². The molecule has 0 atom stereocenters. The molecule has 0 unspecified atom stereocenters. The summed E-state index contributed by atoms with van der Waals surface area (Å²) in [6, 6.07) is 16.2. The highest BCUT2D eigenvalue weighted by Crippen LogP contribution is 2.30. The second-order valence-electron chi connectivity index (χ2n) is 6.28. The minimum atomic E-state index is -4.01. The maximum Gasteiger partial charge on any atom is 0.264 e. The first kappa shape index (κ1) is 21.5. The predicted octanol–water partition coefficient (Wildman–Crippen LogP) is 3.39. The number of aromatic nitrogens is 1. The summed E-state index contributed by atoms with van der Waals surface area (Å²) in [5.74, 6) is -0.598. The lowest BCUT2D eigenvalue weighted by atomic mass is 10.2. The molecule has 0 spiro atoms. The van der Waals surface area contributed by atoms with Crippen molar-refractivity contribution in [3.8, 4) is 0 Å². The summed E-state index contributed by atoms with van der Waals surface area (Å²) < 4.78 is 27.6. The molecule has 0 bridgehead atoms. The number of anilines is 1. The van der Waals surface area contributed by atoms with Gasteiger partial charge in [0, 0.05) is 17.4 Å². The maximum absolute atomic E-state index is 13.3. The molecule has 7 nitrogen and oxygen atoms in total. The van der Waals surface area contributed by atoms with Gasteiger partial charge < -0.3 is 0 Å². The Morgan fingerprint density at radius 1 is 1.10 bits per heavy atom. The fourth-order valence-corrected chi connectivity index (χ4v) is 4.35. The fourth-order valence-electron chi connectivity index (χ4n) is 2.68. The van der Waals surface area contributed by atoms with Crippen LogP contribution in [0, 0.1) is 6.92 Å². The van der Waals surface area contributed by atoms with Gasteiger partial charge in [-0.2, -0.15) is 5.10 Å². The van der Waals surface area contributed by atoms with Gasteiger partial charge in [0.25, 0.3) is 15.9 Å². The monoisotopic (exact) mass is 442 g/mol. The summed E-state index contributed by atoms with van der Waals surface area (Å²) in [7, 11) is -4.01. The smallest absolute Gasteiger partial charge is 0.264 e. The van der Waals surface area contributed by atoms with Crippen LogP contribution in [-0.4, -0.2) is 32.1 Å². The number of carbonyl (C=O) groups is 1. The number of benzene rings is 2. The van der Waals surface area contributed by atoms with Crippen LogP contribution in [0.15, 0.2) is 83.1 Å². The molecule has 154 valence electrons. The summed E-state index contributed by atoms with van der Waals surface area (Å²) in [6.07, 6.45) is 4.64. The van der Waals surface area contributed by atoms with E-state index >= 15 is 0 Å². The van der Waals surface area contributed by atoms with Crippen molar-refractivity contribution in [2.75, 3.05) is 10.8 Å². The highest BCUT2D eigenvalue weighted by atomic mass is 35.5. The lowest BCUT2D eigenvalue weighted by Gasteiger charge is -2.25. The van der Waals surface area contributed by atoms with E-state index in [1.807, 2.05) is 0 Å². The molecule has 0 fully saturated rings. The van der Waals surface area contributed by atoms with Crippen LogP contribution in [0.25, 0.3) is 0 Å². The maximum atomic E-state index is 13.3. The number of carbonyl (C=O) groups excluding carboxylic acids is 1. The molecule has 3 aromatic rings. The lowest BCUT2D eigenvalue weighted by Crippen LogP contribution is -2.40. The molecule has 1 N–H and O–H groups in total. The molecule has 0 saturated carbocycles. The summed E-state index contributed by atoms with van der Waals surface area (Å²) in [5, 5.41) is 4.28. The Kier molecular flexibility index (Phi) is 6.81. The molecule has 0 aliphatic carbocycles. The van der Waals surface area contributed by atoms with Crippen LogP contribution < -0.4 is 9.73 Å². The van der Waals surface area contributed by atoms with E-state index in [1.54, 1.807) is 67.8 Å². The standard InChI is InChI=1S/C21H19ClN4O3S/c1-16-19(22)8-5-9-20(16)26(30(28,29)18-6-3-2-4-7-18)15-21(27)25-24-14-17-10-12-23-13-11-17/h2-14H,15H2,1H3,(H,25,27)/b24-14-. The summed E-state index contributed by atoms with van der Waals surface area (Å²) >= 11 is 6.19. The van der Waals surface area contributed by atoms with E-state index in [9.17, 15) is 13.2 Å². The molecule has 1 aromatic heterocycles. The molecule has 0 aliphatic rings. The average molecular weight is 443 g/mol. The number of hydrogen-bond donors (Lipinski definition) is 1. The molecular formula is C21H19ClN4O3S. The van der Waals surface area contributed by atoms with Gasteiger partial charge in [-0.05, 0) is 54.4 Å². The van der Waals surface area contributed by atoms with E-state index in [4.69, 9.17) is 11.6 Å². The van der Waals surface area contributed by atoms with Crippen molar-refractivity contribution in [2.24, 2.45) is 5.10 Å². The van der Waals surface area contributed by atoms with Crippen LogP contribution in [0.1, 0.15) is 11.1 Å². The van der Waals surface area contributed by atoms with E-state index in [2.05, 4.69) is 15.5 Å². The molecule has 3 rings (SSSR count). The number of rotatable bonds is 7. The van der Waals surface area contributed by atoms with Gasteiger partial charge >= 0.3 is 0 Å². The molecule has 0 radical (unpaired) electrons. The zero-order valence-electron chi connectivity index (χ0n) is 16.1. The van der Waals surface area contributed by atoms with Gasteiger partial charge in [-0.1, -0.05) is 35.9 Å². The minimum Gasteiger partial charge on any atom is -0.271 e. The van der Waals surface area contributed by atoms with Crippen LogP contribution in [-0.2, 0) is 14.8 Å². The van der Waals surface area contributed by atoms with Gasteiger partial charge in [0.15, 0.2) is 0 Å². The number of nitrogens with zero attached hydrogens (tertiary/aromatic N) is 3. The quantitative estimate of drug-likeness (QED) is 0.448. The number of hydrogen-bond acceptors (Lipinski definition) is 5. The molecular weight excluding hydrogens is 424 g/mol. The van der Waals surface area contributed by atoms with Crippen molar-refractivity contribution in [3.05, 3.63) is 89.2 Å². The third-order valence-electron chi connectivity index (χ3n) is 4.24. The van der Waals surface area contributed by atoms with Crippen LogP contribution in [0.3, 0.4) is 0 Å². The van der Waals surface area contributed by atoms with Gasteiger partial charge in [-0.25, -0.2) is 13.8 Å². The topological polar surface area (TPSA) is 91.7 Å². The molecule has 9 heteroatoms. The van der Waals surface area contributed by atoms with Crippen LogP contribution in [0.2, 0.25) is 5.02 Å². The van der Waals surface area contributed by atoms with Crippen molar-refractivity contribution < 1.29 is 13.2 Å². The van der Waals surface area contributed by atoms with Crippen LogP contribution >= 0.6 is 11.6 Å². The van der Waals surface area contributed by atoms with E-state index in [0.717, 1.165) is 9.87 Å². The highest BCUT2D eigenvalue weighted by molar-refractivity contribution is 7.92. The van der Waals surface area contributed by atoms with Gasteiger partial charge in [-0.15, -0.1) is 0 Å². The van der Waals surface area contributed by atoms with E-state index < -0.39 is 22.5 Å². The minimum absolute atomic E-state index is 0.0671. The Bertz CT molecular complexity index is 1150. The van der Waals surface area contributed by atoms with Crippen molar-refractivity contribution in [3.63, 3.8) is 0 Å². The number of nitrogens with one attached hydrogen (secondary N) is 1. The molecule has 1 amide bonds. The first-order valence-corrected chi connectivity index (χ1v) is 10.8. The van der Waals surface area contributed by atoms with Gasteiger partial charge in [0.1, 0.15) is 6.54 Å². The Labute approximate surface area is 180 Å². The molecule has 30 heavy (non-hydrogen) atoms. The van der Waals surface area contributed by atoms with E-state index in [0.29, 0.717) is 16.3 Å². The number of hydrazone groups is 1. The van der Waals surface area contributed by atoms with E-state index in [-0.39, 0.29) is 4.90 Å². The predicted molar refractivity (Wildman–Crippen MR) is 117 cm³/mol. The van der Waals surface area contributed by atoms with Crippen molar-refractivity contribution >= 4 is 39.4 Å². The molecule has 2 aromatic carbocycles. The number of sulfonamides is 1. The number of pyridine rings is 1. The first-order valence-electron chi connectivity index (χ1n) is 8.94. The number of halogens is 1. The summed E-state index contributed by atoms with van der Waals surface area (Å²) in [5.41, 5.74) is 3.97. The second kappa shape index (κ2) is 9.51. The fraction of sp³-hybridized carbons (Fsp3) is 0.0952. The third-order valence-corrected chi connectivity index (χ3v) is 6.42. The molecule has 1 heterocycles. The Morgan fingerprint density at radius 2 is 1.80 bits per heavy atom. The third kappa shape index (κ3) is 5.03. The summed E-state index contributed by atoms with van der Waals surface area (Å²) in [4.78, 5) is 16.5. The first-order chi connectivity index (χ1) is 14.4. The van der Waals surface area contributed by atoms with Crippen molar-refractivity contribution in [2.45, 2.75) is 11.8 Å². The van der Waals surface area contributed by atoms with Gasteiger partial charge in [0.2, 0.25) is 0 Å². The normalized spacial score (nSPS) is 11.4. The second-order valence-corrected chi connectivity index (χ2v) is 8.55. The zero-order chi connectivity index (χ0) is 21.6. The number of amides is 1. The molecule has 0 saturated heterocycles. The molecule has 0 aliphatic heterocycles. The lowest BCUT2D eigenvalue weighted by molar-refractivity contribution is -0.119. The Morgan fingerprint density at radius 3 is 2.50 bits per heavy atom. The van der Waals surface area contributed by atoms with Crippen LogP contribution in [0.4, 0.5) is 5.69 Å². The zero-order valence-corrected chi connectivity index (χ0v) is 17.6. The largest absolute Gasteiger partial charge is 0.271 e. The van der Waals surface area contributed by atoms with Gasteiger partial charge in [0.05, 0.1) is 16.8 Å². The van der Waals surface area contributed by atoms with Gasteiger partial charge in [-0.3, -0.25) is 14.1 Å². The summed E-state index contributed by atoms with van der Waals surface area (Å²) in [6.45, 7) is 1.23. The van der Waals surface area contributed by atoms with Crippen LogP contribution in [0.5, 0.6) is 0 Å². The SMILES string of the molecule is Cc1c(Cl)cccc1N(CC(=O)N/N=C\c1ccncc1)S(=O)(=O)c1ccccc1. The van der Waals surface area contributed by atoms with E-state index in [1.165, 1.54) is 18.3 Å². The Balaban J connectivity index is 1.89. The highest BCUT2D eigenvalue weighted by Gasteiger charge is 2.28. The Hall–Kier alpha value is -3.23. The van der Waals surface area contributed by atoms with Crippen molar-refractivity contribution in [1.29, 1.82) is 0 Å².